The summed E-state index contributed by atoms with van der Waals surface area (Å²) < 4.78 is 34.3. The van der Waals surface area contributed by atoms with Crippen LogP contribution in [0, 0.1) is 11.8 Å². The van der Waals surface area contributed by atoms with E-state index in [1.165, 1.54) is 19.3 Å². The van der Waals surface area contributed by atoms with E-state index in [1.807, 2.05) is 33.3 Å². The van der Waals surface area contributed by atoms with Crippen LogP contribution in [0.4, 0.5) is 0 Å². The van der Waals surface area contributed by atoms with Gasteiger partial charge in [0, 0.05) is 25.2 Å². The van der Waals surface area contributed by atoms with Crippen molar-refractivity contribution in [2.45, 2.75) is 173 Å². The first-order valence-corrected chi connectivity index (χ1v) is 24.8. The van der Waals surface area contributed by atoms with Crippen molar-refractivity contribution >= 4 is 19.8 Å². The average Bonchev–Trinajstić information content (AvgIpc) is 3.47. The van der Waals surface area contributed by atoms with Crippen molar-refractivity contribution in [2.75, 3.05) is 47.5 Å². The van der Waals surface area contributed by atoms with Crippen molar-refractivity contribution in [3.05, 3.63) is 60.8 Å². The molecule has 0 amide bonds. The van der Waals surface area contributed by atoms with Gasteiger partial charge in [-0.05, 0) is 70.1 Å². The molecule has 1 aliphatic carbocycles. The van der Waals surface area contributed by atoms with Crippen LogP contribution >= 0.6 is 7.82 Å². The highest BCUT2D eigenvalue weighted by molar-refractivity contribution is 7.47. The highest BCUT2D eigenvalue weighted by atomic mass is 31.2. The van der Waals surface area contributed by atoms with E-state index in [9.17, 15) is 34.4 Å². The highest BCUT2D eigenvalue weighted by Gasteiger charge is 2.39. The molecule has 1 unspecified atom stereocenters. The second-order valence-corrected chi connectivity index (χ2v) is 18.9. The number of nitrogens with zero attached hydrogens (tertiary/aromatic N) is 1. The molecule has 1 rings (SSSR count). The minimum atomic E-state index is -4.45. The van der Waals surface area contributed by atoms with Crippen LogP contribution in [0.5, 0.6) is 0 Å². The van der Waals surface area contributed by atoms with Gasteiger partial charge < -0.3 is 34.2 Å². The molecule has 352 valence electrons. The quantitative estimate of drug-likeness (QED) is 0.0154. The fourth-order valence-electron chi connectivity index (χ4n) is 6.93. The molecule has 7 atom stereocenters. The Morgan fingerprint density at radius 1 is 0.721 bits per heavy atom. The van der Waals surface area contributed by atoms with E-state index >= 15 is 0 Å². The Hall–Kier alpha value is -2.41. The largest absolute Gasteiger partial charge is 0.472 e. The van der Waals surface area contributed by atoms with Gasteiger partial charge in [0.15, 0.2) is 6.10 Å². The van der Waals surface area contributed by atoms with Crippen molar-refractivity contribution in [1.29, 1.82) is 0 Å². The van der Waals surface area contributed by atoms with Crippen molar-refractivity contribution < 1.29 is 57.4 Å². The van der Waals surface area contributed by atoms with Crippen LogP contribution < -0.4 is 0 Å². The summed E-state index contributed by atoms with van der Waals surface area (Å²) in [5, 5.41) is 31.4. The van der Waals surface area contributed by atoms with Gasteiger partial charge in [-0.2, -0.15) is 0 Å². The van der Waals surface area contributed by atoms with Crippen molar-refractivity contribution in [3.63, 3.8) is 0 Å². The number of esters is 2. The first-order valence-electron chi connectivity index (χ1n) is 23.3. The summed E-state index contributed by atoms with van der Waals surface area (Å²) in [6, 6.07) is 0. The molecule has 1 aliphatic rings. The van der Waals surface area contributed by atoms with Gasteiger partial charge in [-0.1, -0.05) is 126 Å². The highest BCUT2D eigenvalue weighted by Crippen LogP contribution is 2.43. The van der Waals surface area contributed by atoms with E-state index in [4.69, 9.17) is 18.5 Å². The van der Waals surface area contributed by atoms with E-state index in [1.54, 1.807) is 6.08 Å². The molecule has 4 N–H and O–H groups in total. The van der Waals surface area contributed by atoms with Gasteiger partial charge in [0.25, 0.3) is 0 Å². The number of hydrogen-bond donors (Lipinski definition) is 4. The fraction of sp³-hybridized carbons (Fsp3) is 0.750. The lowest BCUT2D eigenvalue weighted by Gasteiger charge is -2.24. The first kappa shape index (κ1) is 56.6. The predicted octanol–water partition coefficient (Wildman–Crippen LogP) is 9.62. The Morgan fingerprint density at radius 3 is 1.95 bits per heavy atom. The molecule has 0 aromatic rings. The monoisotopic (exact) mass is 883 g/mol. The molecule has 0 aromatic heterocycles. The van der Waals surface area contributed by atoms with Crippen LogP contribution in [0.2, 0.25) is 0 Å². The number of unbranched alkanes of at least 4 members (excludes halogenated alkanes) is 9. The van der Waals surface area contributed by atoms with Crippen LogP contribution in [-0.4, -0.2) is 109 Å². The Balaban J connectivity index is 2.50. The topological polar surface area (TPSA) is 169 Å². The Morgan fingerprint density at radius 2 is 1.31 bits per heavy atom. The van der Waals surface area contributed by atoms with E-state index in [0.29, 0.717) is 43.1 Å². The molecule has 0 spiro atoms. The van der Waals surface area contributed by atoms with Gasteiger partial charge in [-0.25, -0.2) is 4.57 Å². The molecular weight excluding hydrogens is 797 g/mol. The number of allylic oxidation sites excluding steroid dienone is 8. The second kappa shape index (κ2) is 35.0. The summed E-state index contributed by atoms with van der Waals surface area (Å²) in [5.74, 6) is -1.29. The minimum Gasteiger partial charge on any atom is -0.462 e. The van der Waals surface area contributed by atoms with Crippen LogP contribution in [-0.2, 0) is 32.7 Å². The molecule has 61 heavy (non-hydrogen) atoms. The smallest absolute Gasteiger partial charge is 0.462 e. The minimum absolute atomic E-state index is 0.0155. The van der Waals surface area contributed by atoms with Gasteiger partial charge >= 0.3 is 19.8 Å². The zero-order valence-electron chi connectivity index (χ0n) is 38.5. The number of phosphoric acid groups is 1. The molecule has 0 saturated heterocycles. The van der Waals surface area contributed by atoms with Gasteiger partial charge in [-0.3, -0.25) is 18.6 Å². The first-order chi connectivity index (χ1) is 29.2. The molecule has 0 heterocycles. The van der Waals surface area contributed by atoms with Crippen LogP contribution in [0.3, 0.4) is 0 Å². The van der Waals surface area contributed by atoms with E-state index in [0.717, 1.165) is 70.6 Å². The van der Waals surface area contributed by atoms with Crippen molar-refractivity contribution in [1.82, 2.24) is 0 Å². The molecule has 0 bridgehead atoms. The van der Waals surface area contributed by atoms with Gasteiger partial charge in [0.2, 0.25) is 0 Å². The lowest BCUT2D eigenvalue weighted by atomic mass is 9.88. The van der Waals surface area contributed by atoms with Gasteiger partial charge in [-0.15, -0.1) is 0 Å². The summed E-state index contributed by atoms with van der Waals surface area (Å²) in [4.78, 5) is 35.6. The summed E-state index contributed by atoms with van der Waals surface area (Å²) in [7, 11) is 1.32. The maximum atomic E-state index is 12.7. The lowest BCUT2D eigenvalue weighted by molar-refractivity contribution is -0.870. The van der Waals surface area contributed by atoms with Crippen molar-refractivity contribution in [2.24, 2.45) is 11.8 Å². The Labute approximate surface area is 369 Å². The number of aliphatic hydroxyl groups is 3. The molecule has 1 saturated carbocycles. The number of quaternary nitrogens is 1. The Kier molecular flexibility index (Phi) is 32.5. The average molecular weight is 883 g/mol. The number of likely N-dealkylation sites (N-methyl/N-ethyl adjacent to an activating group) is 1. The number of carbonyl (C=O) groups excluding carboxylic acids is 2. The van der Waals surface area contributed by atoms with Crippen molar-refractivity contribution in [3.8, 4) is 0 Å². The maximum absolute atomic E-state index is 12.7. The summed E-state index contributed by atoms with van der Waals surface area (Å²) >= 11 is 0. The number of hydrogen-bond acceptors (Lipinski definition) is 10. The molecule has 1 fully saturated rings. The summed E-state index contributed by atoms with van der Waals surface area (Å²) in [5.41, 5.74) is 0. The molecule has 0 radical (unpaired) electrons. The zero-order valence-corrected chi connectivity index (χ0v) is 39.4. The molecule has 13 heteroatoms. The number of phosphoric ester groups is 1. The standard InChI is InChI=1S/C48H84NO11P/c1-6-8-10-11-12-13-14-15-16-17-18-19-20-21-22-23-29-33-48(54)60-42(40-59-61(55,56)58-37-36-49(3,4)5)39-57-47(53)32-28-25-24-27-31-43-44(46(52)38-45(43)51)35-34-41(50)30-26-9-7-2/h12-13,15-16,18-19,21-22,34-35,41-46,50-52H,6-11,14,17,20,23-33,36-40H2,1-5H3/p+1/b13-12-,16-15-,19-18-,22-21-,35-34+/t41-,42+,43+,44+,45-,46+/m0/s1. The molecule has 0 aromatic carbocycles. The number of carbonyl (C=O) groups is 2. The number of aliphatic hydroxyl groups excluding tert-OH is 3. The number of ether oxygens (including phenoxy) is 2. The summed E-state index contributed by atoms with van der Waals surface area (Å²) in [6.45, 7) is 3.98. The Bertz CT molecular complexity index is 1340. The van der Waals surface area contributed by atoms with Crippen LogP contribution in [0.1, 0.15) is 149 Å². The van der Waals surface area contributed by atoms with E-state index < -0.39 is 50.8 Å². The normalized spacial score (nSPS) is 20.7. The third-order valence-corrected chi connectivity index (χ3v) is 11.6. The van der Waals surface area contributed by atoms with Gasteiger partial charge in [0.1, 0.15) is 19.8 Å². The zero-order chi connectivity index (χ0) is 45.2. The second-order valence-electron chi connectivity index (χ2n) is 17.4. The third kappa shape index (κ3) is 32.0. The fourth-order valence-corrected chi connectivity index (χ4v) is 7.67. The lowest BCUT2D eigenvalue weighted by Crippen LogP contribution is -2.37. The SMILES string of the molecule is CCCCC/C=C\C/C=C\C/C=C\C/C=C\CCCC(=O)O[C@H](COC(=O)CCCCCC[C@@H]1[C@@H](/C=C/[C@@H](O)CCCCC)[C@H](O)C[C@@H]1O)COP(=O)(O)OCC[N+](C)(C)C. The van der Waals surface area contributed by atoms with Crippen LogP contribution in [0.25, 0.3) is 0 Å². The molecule has 12 nitrogen and oxygen atoms in total. The maximum Gasteiger partial charge on any atom is 0.472 e. The van der Waals surface area contributed by atoms with E-state index in [2.05, 4.69) is 56.4 Å². The molecule has 0 aliphatic heterocycles. The predicted molar refractivity (Wildman–Crippen MR) is 244 cm³/mol. The van der Waals surface area contributed by atoms with E-state index in [-0.39, 0.29) is 37.9 Å². The number of rotatable bonds is 37. The third-order valence-electron chi connectivity index (χ3n) is 10.6. The molecular formula is C48H85NO11P+. The van der Waals surface area contributed by atoms with Crippen LogP contribution in [0.15, 0.2) is 60.8 Å². The van der Waals surface area contributed by atoms with Gasteiger partial charge in [0.05, 0.1) is 46.1 Å². The summed E-state index contributed by atoms with van der Waals surface area (Å²) in [6.07, 6.45) is 34.9.